The van der Waals surface area contributed by atoms with Crippen molar-refractivity contribution in [1.29, 1.82) is 5.26 Å². The number of nitriles is 1. The lowest BCUT2D eigenvalue weighted by Crippen LogP contribution is -2.50. The Hall–Kier alpha value is -3.66. The molecule has 1 aliphatic carbocycles. The summed E-state index contributed by atoms with van der Waals surface area (Å²) in [4.78, 5) is 33.3. The van der Waals surface area contributed by atoms with Crippen molar-refractivity contribution in [1.82, 2.24) is 4.90 Å². The Morgan fingerprint density at radius 3 is 2.44 bits per heavy atom. The number of nitrogens with zero attached hydrogens (tertiary/aromatic N) is 3. The van der Waals surface area contributed by atoms with Gasteiger partial charge in [0.05, 0.1) is 38.0 Å². The summed E-state index contributed by atoms with van der Waals surface area (Å²) >= 11 is 0. The van der Waals surface area contributed by atoms with Gasteiger partial charge >= 0.3 is 0 Å². The number of rotatable bonds is 6. The molecule has 0 atom stereocenters. The van der Waals surface area contributed by atoms with Crippen molar-refractivity contribution in [2.24, 2.45) is 4.99 Å². The molecule has 4 rings (SSSR count). The van der Waals surface area contributed by atoms with Crippen LogP contribution in [0.3, 0.4) is 0 Å². The lowest BCUT2D eigenvalue weighted by atomic mass is 9.88. The summed E-state index contributed by atoms with van der Waals surface area (Å²) in [7, 11) is 3.07. The average molecular weight is 431 g/mol. The average Bonchev–Trinajstić information content (AvgIpc) is 3.09. The fourth-order valence-electron chi connectivity index (χ4n) is 4.51. The molecule has 1 aliphatic heterocycles. The Kier molecular flexibility index (Phi) is 5.95. The molecule has 1 fully saturated rings. The summed E-state index contributed by atoms with van der Waals surface area (Å²) in [5.41, 5.74) is 1.04. The van der Waals surface area contributed by atoms with Gasteiger partial charge in [0.2, 0.25) is 0 Å². The Bertz CT molecular complexity index is 1110. The van der Waals surface area contributed by atoms with Crippen LogP contribution in [0.1, 0.15) is 53.6 Å². The maximum absolute atomic E-state index is 13.5. The summed E-state index contributed by atoms with van der Waals surface area (Å²) in [6.45, 7) is -0.118. The van der Waals surface area contributed by atoms with E-state index in [-0.39, 0.29) is 18.2 Å². The molecular formula is C25H25N3O4. The van der Waals surface area contributed by atoms with Gasteiger partial charge in [0.25, 0.3) is 5.91 Å². The van der Waals surface area contributed by atoms with Crippen molar-refractivity contribution in [3.8, 4) is 17.6 Å². The van der Waals surface area contributed by atoms with Crippen LogP contribution in [0.5, 0.6) is 11.5 Å². The van der Waals surface area contributed by atoms with Crippen LogP contribution in [0.25, 0.3) is 0 Å². The SMILES string of the molecule is COc1ccc(C2=NC3(CCCCC3)N(CC(=O)c3cc(C#N)ccc3OC)C2=O)cc1. The van der Waals surface area contributed by atoms with E-state index >= 15 is 0 Å². The largest absolute Gasteiger partial charge is 0.497 e. The molecule has 7 heteroatoms. The van der Waals surface area contributed by atoms with Crippen LogP contribution in [-0.2, 0) is 4.79 Å². The Morgan fingerprint density at radius 1 is 1.09 bits per heavy atom. The van der Waals surface area contributed by atoms with Gasteiger partial charge < -0.3 is 14.4 Å². The molecule has 32 heavy (non-hydrogen) atoms. The van der Waals surface area contributed by atoms with Crippen LogP contribution < -0.4 is 9.47 Å². The minimum absolute atomic E-state index is 0.118. The first-order valence-electron chi connectivity index (χ1n) is 10.7. The van der Waals surface area contributed by atoms with E-state index in [2.05, 4.69) is 0 Å². The summed E-state index contributed by atoms with van der Waals surface area (Å²) in [5.74, 6) is 0.558. The molecule has 0 unspecified atom stereocenters. The maximum Gasteiger partial charge on any atom is 0.275 e. The Morgan fingerprint density at radius 2 is 1.81 bits per heavy atom. The van der Waals surface area contributed by atoms with Crippen LogP contribution in [0.15, 0.2) is 47.5 Å². The molecule has 0 aromatic heterocycles. The molecule has 2 aliphatic rings. The van der Waals surface area contributed by atoms with E-state index in [1.165, 1.54) is 13.2 Å². The summed E-state index contributed by atoms with van der Waals surface area (Å²) in [6, 6.07) is 14.0. The van der Waals surface area contributed by atoms with Crippen LogP contribution in [0, 0.1) is 11.3 Å². The highest BCUT2D eigenvalue weighted by Gasteiger charge is 2.48. The van der Waals surface area contributed by atoms with Crippen LogP contribution in [-0.4, -0.2) is 48.7 Å². The zero-order valence-electron chi connectivity index (χ0n) is 18.3. The lowest BCUT2D eigenvalue weighted by molar-refractivity contribution is -0.128. The van der Waals surface area contributed by atoms with Crippen molar-refractivity contribution < 1.29 is 19.1 Å². The standard InChI is InChI=1S/C25H25N3O4/c1-31-19-9-7-18(8-10-19)23-24(30)28(25(27-23)12-4-3-5-13-25)16-21(29)20-14-17(15-26)6-11-22(20)32-2/h6-11,14H,3-5,12-13,16H2,1-2H3. The number of hydrogen-bond donors (Lipinski definition) is 0. The first kappa shape index (κ1) is 21.6. The zero-order chi connectivity index (χ0) is 22.7. The number of benzene rings is 2. The second-order valence-corrected chi connectivity index (χ2v) is 8.07. The van der Waals surface area contributed by atoms with Crippen molar-refractivity contribution in [3.05, 3.63) is 59.2 Å². The fraction of sp³-hybridized carbons (Fsp3) is 0.360. The highest BCUT2D eigenvalue weighted by atomic mass is 16.5. The van der Waals surface area contributed by atoms with Gasteiger partial charge in [0, 0.05) is 5.56 Å². The zero-order valence-corrected chi connectivity index (χ0v) is 18.3. The Labute approximate surface area is 187 Å². The number of ketones is 1. The molecule has 1 amide bonds. The van der Waals surface area contributed by atoms with E-state index in [1.807, 2.05) is 18.2 Å². The smallest absolute Gasteiger partial charge is 0.275 e. The van der Waals surface area contributed by atoms with Crippen molar-refractivity contribution in [3.63, 3.8) is 0 Å². The highest BCUT2D eigenvalue weighted by Crippen LogP contribution is 2.40. The van der Waals surface area contributed by atoms with E-state index in [0.717, 1.165) is 32.1 Å². The van der Waals surface area contributed by atoms with Gasteiger partial charge in [-0.1, -0.05) is 6.42 Å². The molecule has 1 saturated carbocycles. The van der Waals surface area contributed by atoms with Gasteiger partial charge in [-0.2, -0.15) is 5.26 Å². The number of carbonyl (C=O) groups is 2. The monoisotopic (exact) mass is 431 g/mol. The number of aliphatic imine (C=N–C) groups is 1. The number of carbonyl (C=O) groups excluding carboxylic acids is 2. The van der Waals surface area contributed by atoms with Gasteiger partial charge in [-0.15, -0.1) is 0 Å². The van der Waals surface area contributed by atoms with E-state index < -0.39 is 5.66 Å². The first-order valence-corrected chi connectivity index (χ1v) is 10.7. The minimum Gasteiger partial charge on any atom is -0.497 e. The third-order valence-corrected chi connectivity index (χ3v) is 6.22. The second-order valence-electron chi connectivity index (χ2n) is 8.07. The molecular weight excluding hydrogens is 406 g/mol. The van der Waals surface area contributed by atoms with Gasteiger partial charge in [0.15, 0.2) is 5.78 Å². The van der Waals surface area contributed by atoms with Crippen LogP contribution in [0.2, 0.25) is 0 Å². The maximum atomic E-state index is 13.5. The minimum atomic E-state index is -0.708. The van der Waals surface area contributed by atoms with E-state index in [4.69, 9.17) is 14.5 Å². The quantitative estimate of drug-likeness (QED) is 0.650. The van der Waals surface area contributed by atoms with Crippen LogP contribution in [0.4, 0.5) is 0 Å². The third-order valence-electron chi connectivity index (χ3n) is 6.22. The van der Waals surface area contributed by atoms with Gasteiger partial charge in [-0.3, -0.25) is 14.6 Å². The molecule has 1 heterocycles. The first-order chi connectivity index (χ1) is 15.5. The number of ether oxygens (including phenoxy) is 2. The van der Waals surface area contributed by atoms with Gasteiger partial charge in [-0.25, -0.2) is 0 Å². The second kappa shape index (κ2) is 8.83. The number of hydrogen-bond acceptors (Lipinski definition) is 6. The van der Waals surface area contributed by atoms with E-state index in [9.17, 15) is 14.9 Å². The molecule has 2 aromatic carbocycles. The number of amides is 1. The van der Waals surface area contributed by atoms with Gasteiger partial charge in [0.1, 0.15) is 22.9 Å². The molecule has 0 N–H and O–H groups in total. The van der Waals surface area contributed by atoms with E-state index in [1.54, 1.807) is 36.3 Å². The summed E-state index contributed by atoms with van der Waals surface area (Å²) in [5, 5.41) is 9.24. The molecule has 1 spiro atoms. The predicted octanol–water partition coefficient (Wildman–Crippen LogP) is 3.75. The Balaban J connectivity index is 1.68. The summed E-state index contributed by atoms with van der Waals surface area (Å²) in [6.07, 6.45) is 4.43. The highest BCUT2D eigenvalue weighted by molar-refractivity contribution is 6.47. The van der Waals surface area contributed by atoms with Crippen molar-refractivity contribution >= 4 is 17.4 Å². The van der Waals surface area contributed by atoms with Crippen molar-refractivity contribution in [2.75, 3.05) is 20.8 Å². The molecule has 164 valence electrons. The van der Waals surface area contributed by atoms with E-state index in [0.29, 0.717) is 33.9 Å². The molecule has 7 nitrogen and oxygen atoms in total. The molecule has 0 saturated heterocycles. The van der Waals surface area contributed by atoms with Crippen LogP contribution >= 0.6 is 0 Å². The fourth-order valence-corrected chi connectivity index (χ4v) is 4.51. The third kappa shape index (κ3) is 3.84. The topological polar surface area (TPSA) is 92.0 Å². The van der Waals surface area contributed by atoms with Crippen molar-refractivity contribution in [2.45, 2.75) is 37.8 Å². The van der Waals surface area contributed by atoms with Gasteiger partial charge in [-0.05, 0) is 68.1 Å². The number of Topliss-reactive ketones (excluding diaryl/α,β-unsaturated/α-hetero) is 1. The molecule has 0 radical (unpaired) electrons. The molecule has 0 bridgehead atoms. The number of methoxy groups -OCH3 is 2. The summed E-state index contributed by atoms with van der Waals surface area (Å²) < 4.78 is 10.5. The predicted molar refractivity (Wildman–Crippen MR) is 119 cm³/mol. The lowest BCUT2D eigenvalue weighted by Gasteiger charge is -2.38. The molecule has 2 aromatic rings. The normalized spacial score (nSPS) is 17.1.